The van der Waals surface area contributed by atoms with Crippen LogP contribution in [-0.2, 0) is 13.0 Å². The summed E-state index contributed by atoms with van der Waals surface area (Å²) in [5.74, 6) is 1.22. The molecule has 164 valence electrons. The second-order valence-corrected chi connectivity index (χ2v) is 7.83. The molecule has 0 fully saturated rings. The van der Waals surface area contributed by atoms with E-state index in [0.717, 1.165) is 23.2 Å². The summed E-state index contributed by atoms with van der Waals surface area (Å²) in [6, 6.07) is 20.2. The van der Waals surface area contributed by atoms with Crippen molar-refractivity contribution in [1.82, 2.24) is 5.32 Å². The normalized spacial score (nSPS) is 14.6. The van der Waals surface area contributed by atoms with E-state index < -0.39 is 0 Å². The molecule has 6 heteroatoms. The highest BCUT2D eigenvalue weighted by molar-refractivity contribution is 6.07. The first-order chi connectivity index (χ1) is 15.5. The number of ether oxygens (including phenoxy) is 2. The maximum atomic E-state index is 13.2. The molecule has 2 amide bonds. The van der Waals surface area contributed by atoms with E-state index in [1.807, 2.05) is 30.0 Å². The highest BCUT2D eigenvalue weighted by atomic mass is 16.5. The van der Waals surface area contributed by atoms with Crippen molar-refractivity contribution < 1.29 is 19.1 Å². The number of methoxy groups -OCH3 is 2. The second-order valence-electron chi connectivity index (χ2n) is 7.83. The van der Waals surface area contributed by atoms with Gasteiger partial charge in [-0.25, -0.2) is 0 Å². The summed E-state index contributed by atoms with van der Waals surface area (Å²) in [5.41, 5.74) is 4.15. The minimum Gasteiger partial charge on any atom is -0.497 e. The van der Waals surface area contributed by atoms with E-state index >= 15 is 0 Å². The third-order valence-corrected chi connectivity index (χ3v) is 5.73. The topological polar surface area (TPSA) is 67.9 Å². The van der Waals surface area contributed by atoms with Crippen molar-refractivity contribution in [2.75, 3.05) is 19.1 Å². The van der Waals surface area contributed by atoms with Gasteiger partial charge < -0.3 is 19.7 Å². The SMILES string of the molecule is COc1ccc(C(=O)NCc2ccc3c(c2)N(C(=O)c2ccc(OC)cc2)[C@H](C)C3)cc1. The van der Waals surface area contributed by atoms with Crippen molar-refractivity contribution in [1.29, 1.82) is 0 Å². The summed E-state index contributed by atoms with van der Waals surface area (Å²) in [7, 11) is 3.19. The fourth-order valence-electron chi connectivity index (χ4n) is 3.97. The van der Waals surface area contributed by atoms with Crippen LogP contribution in [0.4, 0.5) is 5.69 Å². The summed E-state index contributed by atoms with van der Waals surface area (Å²) in [5, 5.41) is 2.95. The van der Waals surface area contributed by atoms with Crippen molar-refractivity contribution >= 4 is 17.5 Å². The third-order valence-electron chi connectivity index (χ3n) is 5.73. The van der Waals surface area contributed by atoms with E-state index in [1.165, 1.54) is 0 Å². The molecule has 1 N–H and O–H groups in total. The lowest BCUT2D eigenvalue weighted by Crippen LogP contribution is -2.35. The molecule has 3 aromatic carbocycles. The van der Waals surface area contributed by atoms with Gasteiger partial charge in [0.15, 0.2) is 0 Å². The molecular formula is C26H26N2O4. The zero-order valence-electron chi connectivity index (χ0n) is 18.4. The fourth-order valence-corrected chi connectivity index (χ4v) is 3.97. The van der Waals surface area contributed by atoms with E-state index in [4.69, 9.17) is 9.47 Å². The number of fused-ring (bicyclic) bond motifs is 1. The van der Waals surface area contributed by atoms with Crippen LogP contribution < -0.4 is 19.7 Å². The Morgan fingerprint density at radius 3 is 2.09 bits per heavy atom. The number of carbonyl (C=O) groups is 2. The molecule has 3 aromatic rings. The Kier molecular flexibility index (Phi) is 6.12. The molecule has 0 unspecified atom stereocenters. The fraction of sp³-hybridized carbons (Fsp3) is 0.231. The molecule has 1 aliphatic rings. The second kappa shape index (κ2) is 9.14. The van der Waals surface area contributed by atoms with Crippen LogP contribution in [0.5, 0.6) is 11.5 Å². The number of carbonyl (C=O) groups excluding carboxylic acids is 2. The Hall–Kier alpha value is -3.80. The lowest BCUT2D eigenvalue weighted by molar-refractivity contribution is 0.0948. The zero-order valence-corrected chi connectivity index (χ0v) is 18.4. The van der Waals surface area contributed by atoms with Gasteiger partial charge in [0.1, 0.15) is 11.5 Å². The minimum atomic E-state index is -0.160. The molecule has 0 saturated heterocycles. The highest BCUT2D eigenvalue weighted by Crippen LogP contribution is 2.34. The van der Waals surface area contributed by atoms with Crippen molar-refractivity contribution in [2.24, 2.45) is 0 Å². The molecule has 1 atom stereocenters. The van der Waals surface area contributed by atoms with Crippen LogP contribution in [0.15, 0.2) is 66.7 Å². The van der Waals surface area contributed by atoms with Crippen LogP contribution in [-0.4, -0.2) is 32.1 Å². The predicted octanol–water partition coefficient (Wildman–Crippen LogP) is 4.23. The van der Waals surface area contributed by atoms with Gasteiger partial charge in [-0.1, -0.05) is 12.1 Å². The van der Waals surface area contributed by atoms with Gasteiger partial charge >= 0.3 is 0 Å². The maximum absolute atomic E-state index is 13.2. The lowest BCUT2D eigenvalue weighted by atomic mass is 10.1. The van der Waals surface area contributed by atoms with Gasteiger partial charge in [0.2, 0.25) is 0 Å². The molecule has 0 radical (unpaired) electrons. The number of hydrogen-bond donors (Lipinski definition) is 1. The number of anilines is 1. The number of amides is 2. The summed E-state index contributed by atoms with van der Waals surface area (Å²) >= 11 is 0. The van der Waals surface area contributed by atoms with Crippen LogP contribution in [0.2, 0.25) is 0 Å². The van der Waals surface area contributed by atoms with Gasteiger partial charge in [0.05, 0.1) is 14.2 Å². The average Bonchev–Trinajstić information content (AvgIpc) is 3.17. The van der Waals surface area contributed by atoms with Gasteiger partial charge in [0, 0.05) is 29.4 Å². The minimum absolute atomic E-state index is 0.0432. The van der Waals surface area contributed by atoms with Gasteiger partial charge in [-0.15, -0.1) is 0 Å². The first-order valence-electron chi connectivity index (χ1n) is 10.5. The summed E-state index contributed by atoms with van der Waals surface area (Å²) in [4.78, 5) is 27.6. The van der Waals surface area contributed by atoms with E-state index in [2.05, 4.69) is 5.32 Å². The Balaban J connectivity index is 1.49. The lowest BCUT2D eigenvalue weighted by Gasteiger charge is -2.23. The van der Waals surface area contributed by atoms with Gasteiger partial charge in [-0.05, 0) is 79.1 Å². The van der Waals surface area contributed by atoms with Crippen LogP contribution in [0.3, 0.4) is 0 Å². The highest BCUT2D eigenvalue weighted by Gasteiger charge is 2.31. The molecular weight excluding hydrogens is 404 g/mol. The average molecular weight is 431 g/mol. The molecule has 4 rings (SSSR count). The predicted molar refractivity (Wildman–Crippen MR) is 124 cm³/mol. The van der Waals surface area contributed by atoms with Gasteiger partial charge in [-0.3, -0.25) is 9.59 Å². The van der Waals surface area contributed by atoms with E-state index in [1.54, 1.807) is 62.8 Å². The summed E-state index contributed by atoms with van der Waals surface area (Å²) in [6.07, 6.45) is 0.801. The number of nitrogens with one attached hydrogen (secondary N) is 1. The van der Waals surface area contributed by atoms with Crippen molar-refractivity contribution in [2.45, 2.75) is 25.9 Å². The smallest absolute Gasteiger partial charge is 0.258 e. The maximum Gasteiger partial charge on any atom is 0.258 e. The number of nitrogens with zero attached hydrogens (tertiary/aromatic N) is 1. The number of rotatable bonds is 6. The Morgan fingerprint density at radius 2 is 1.50 bits per heavy atom. The molecule has 0 saturated carbocycles. The first kappa shape index (κ1) is 21.4. The third kappa shape index (κ3) is 4.30. The largest absolute Gasteiger partial charge is 0.497 e. The number of hydrogen-bond acceptors (Lipinski definition) is 4. The number of benzene rings is 3. The molecule has 0 aliphatic carbocycles. The van der Waals surface area contributed by atoms with Crippen molar-refractivity contribution in [3.8, 4) is 11.5 Å². The molecule has 1 aliphatic heterocycles. The van der Waals surface area contributed by atoms with Gasteiger partial charge in [-0.2, -0.15) is 0 Å². The van der Waals surface area contributed by atoms with E-state index in [9.17, 15) is 9.59 Å². The first-order valence-corrected chi connectivity index (χ1v) is 10.5. The van der Waals surface area contributed by atoms with Crippen molar-refractivity contribution in [3.63, 3.8) is 0 Å². The van der Waals surface area contributed by atoms with Crippen LogP contribution in [0.1, 0.15) is 38.8 Å². The van der Waals surface area contributed by atoms with Crippen LogP contribution >= 0.6 is 0 Å². The van der Waals surface area contributed by atoms with Crippen molar-refractivity contribution in [3.05, 3.63) is 89.0 Å². The van der Waals surface area contributed by atoms with Crippen LogP contribution in [0.25, 0.3) is 0 Å². The molecule has 6 nitrogen and oxygen atoms in total. The monoisotopic (exact) mass is 430 g/mol. The molecule has 0 aromatic heterocycles. The zero-order chi connectivity index (χ0) is 22.7. The molecule has 1 heterocycles. The molecule has 0 spiro atoms. The Bertz CT molecular complexity index is 1120. The summed E-state index contributed by atoms with van der Waals surface area (Å²) in [6.45, 7) is 2.42. The summed E-state index contributed by atoms with van der Waals surface area (Å²) < 4.78 is 10.3. The van der Waals surface area contributed by atoms with E-state index in [0.29, 0.717) is 29.2 Å². The standard InChI is InChI=1S/C26H26N2O4/c1-17-14-21-5-4-18(16-27-25(29)19-6-10-22(31-2)11-7-19)15-24(21)28(17)26(30)20-8-12-23(32-3)13-9-20/h4-13,15,17H,14,16H2,1-3H3,(H,27,29)/t17-/m1/s1. The Morgan fingerprint density at radius 1 is 0.906 bits per heavy atom. The molecule has 0 bridgehead atoms. The van der Waals surface area contributed by atoms with Crippen LogP contribution in [0, 0.1) is 0 Å². The molecule has 32 heavy (non-hydrogen) atoms. The Labute approximate surface area is 187 Å². The quantitative estimate of drug-likeness (QED) is 0.636. The van der Waals surface area contributed by atoms with E-state index in [-0.39, 0.29) is 17.9 Å². The van der Waals surface area contributed by atoms with Gasteiger partial charge in [0.25, 0.3) is 11.8 Å².